The van der Waals surface area contributed by atoms with Crippen molar-refractivity contribution in [2.24, 2.45) is 5.41 Å². The van der Waals surface area contributed by atoms with E-state index in [1.54, 1.807) is 31.2 Å². The van der Waals surface area contributed by atoms with E-state index in [4.69, 9.17) is 14.2 Å². The minimum atomic E-state index is -4.21. The molecule has 0 aliphatic rings. The van der Waals surface area contributed by atoms with Crippen LogP contribution >= 0.6 is 0 Å². The zero-order valence-electron chi connectivity index (χ0n) is 21.5. The van der Waals surface area contributed by atoms with Crippen LogP contribution in [0.3, 0.4) is 0 Å². The SMILES string of the molecule is CCOC(Cc1ccc(OCCN(CCOCCCC(F)(F)F)C(=O)NCC(C)(C)C)cc1)C(=O)O. The Morgan fingerprint density at radius 2 is 1.69 bits per heavy atom. The van der Waals surface area contributed by atoms with Gasteiger partial charge in [0.05, 0.1) is 13.2 Å². The van der Waals surface area contributed by atoms with Crippen LogP contribution in [0.25, 0.3) is 0 Å². The van der Waals surface area contributed by atoms with Gasteiger partial charge in [-0.15, -0.1) is 0 Å². The van der Waals surface area contributed by atoms with Crippen molar-refractivity contribution >= 4 is 12.0 Å². The minimum Gasteiger partial charge on any atom is -0.492 e. The molecule has 36 heavy (non-hydrogen) atoms. The van der Waals surface area contributed by atoms with E-state index in [9.17, 15) is 27.9 Å². The molecular weight excluding hydrogens is 481 g/mol. The second-order valence-corrected chi connectivity index (χ2v) is 9.52. The lowest BCUT2D eigenvalue weighted by Crippen LogP contribution is -2.46. The predicted octanol–water partition coefficient (Wildman–Crippen LogP) is 4.51. The third-order valence-corrected chi connectivity index (χ3v) is 4.93. The number of carbonyl (C=O) groups is 2. The van der Waals surface area contributed by atoms with E-state index in [0.717, 1.165) is 5.56 Å². The largest absolute Gasteiger partial charge is 0.492 e. The first-order valence-electron chi connectivity index (χ1n) is 12.0. The predicted molar refractivity (Wildman–Crippen MR) is 129 cm³/mol. The van der Waals surface area contributed by atoms with Gasteiger partial charge in [0.2, 0.25) is 0 Å². The second-order valence-electron chi connectivity index (χ2n) is 9.52. The Hall–Kier alpha value is -2.53. The van der Waals surface area contributed by atoms with Gasteiger partial charge in [0, 0.05) is 39.1 Å². The molecule has 0 spiro atoms. The molecule has 0 saturated carbocycles. The number of hydrogen-bond donors (Lipinski definition) is 2. The van der Waals surface area contributed by atoms with E-state index in [1.165, 1.54) is 4.90 Å². The van der Waals surface area contributed by atoms with Gasteiger partial charge in [-0.2, -0.15) is 13.2 Å². The number of carboxylic acid groups (broad SMARTS) is 1. The molecule has 1 aromatic carbocycles. The fourth-order valence-corrected chi connectivity index (χ4v) is 3.05. The summed E-state index contributed by atoms with van der Waals surface area (Å²) < 4.78 is 53.0. The molecule has 8 nitrogen and oxygen atoms in total. The van der Waals surface area contributed by atoms with Crippen molar-refractivity contribution in [3.63, 3.8) is 0 Å². The Morgan fingerprint density at radius 3 is 2.25 bits per heavy atom. The molecule has 1 unspecified atom stereocenters. The van der Waals surface area contributed by atoms with Crippen molar-refractivity contribution in [1.82, 2.24) is 10.2 Å². The van der Waals surface area contributed by atoms with E-state index in [1.807, 2.05) is 20.8 Å². The van der Waals surface area contributed by atoms with Crippen LogP contribution in [0, 0.1) is 5.41 Å². The lowest BCUT2D eigenvalue weighted by atomic mass is 9.97. The average molecular weight is 521 g/mol. The van der Waals surface area contributed by atoms with Gasteiger partial charge >= 0.3 is 18.2 Å². The smallest absolute Gasteiger partial charge is 0.389 e. The Labute approximate surface area is 211 Å². The molecule has 2 amide bonds. The Balaban J connectivity index is 2.57. The number of carboxylic acids is 1. The number of hydrogen-bond acceptors (Lipinski definition) is 5. The second kappa shape index (κ2) is 15.6. The number of amides is 2. The third-order valence-electron chi connectivity index (χ3n) is 4.93. The minimum absolute atomic E-state index is 0.0359. The molecule has 1 rings (SSSR count). The van der Waals surface area contributed by atoms with Gasteiger partial charge in [0.1, 0.15) is 12.4 Å². The summed E-state index contributed by atoms with van der Waals surface area (Å²) in [5.74, 6) is -0.466. The molecule has 2 N–H and O–H groups in total. The van der Waals surface area contributed by atoms with Gasteiger partial charge in [-0.05, 0) is 36.5 Å². The van der Waals surface area contributed by atoms with Gasteiger partial charge in [0.15, 0.2) is 6.10 Å². The zero-order valence-corrected chi connectivity index (χ0v) is 21.5. The first-order chi connectivity index (χ1) is 16.8. The number of halogens is 3. The highest BCUT2D eigenvalue weighted by Crippen LogP contribution is 2.21. The van der Waals surface area contributed by atoms with Crippen LogP contribution in [0.2, 0.25) is 0 Å². The van der Waals surface area contributed by atoms with Crippen molar-refractivity contribution in [2.45, 2.75) is 59.2 Å². The number of carbonyl (C=O) groups excluding carboxylic acids is 1. The summed E-state index contributed by atoms with van der Waals surface area (Å²) in [4.78, 5) is 25.4. The topological polar surface area (TPSA) is 97.3 Å². The van der Waals surface area contributed by atoms with Gasteiger partial charge in [0.25, 0.3) is 0 Å². The number of urea groups is 1. The third kappa shape index (κ3) is 14.8. The molecule has 0 saturated heterocycles. The van der Waals surface area contributed by atoms with Crippen LogP contribution in [0.5, 0.6) is 5.75 Å². The number of ether oxygens (including phenoxy) is 3. The summed E-state index contributed by atoms with van der Waals surface area (Å²) in [7, 11) is 0. The normalized spacial score (nSPS) is 12.8. The molecule has 1 atom stereocenters. The van der Waals surface area contributed by atoms with Gasteiger partial charge < -0.3 is 29.5 Å². The molecule has 0 aliphatic carbocycles. The molecule has 0 heterocycles. The Bertz CT molecular complexity index is 781. The summed E-state index contributed by atoms with van der Waals surface area (Å²) in [5.41, 5.74) is 0.671. The van der Waals surface area contributed by atoms with Crippen molar-refractivity contribution in [1.29, 1.82) is 0 Å². The molecule has 0 aromatic heterocycles. The van der Waals surface area contributed by atoms with E-state index < -0.39 is 24.7 Å². The van der Waals surface area contributed by atoms with Gasteiger partial charge in [-0.25, -0.2) is 9.59 Å². The number of nitrogens with zero attached hydrogens (tertiary/aromatic N) is 1. The molecule has 11 heteroatoms. The number of alkyl halides is 3. The highest BCUT2D eigenvalue weighted by molar-refractivity contribution is 5.74. The molecule has 0 aliphatic heterocycles. The standard InChI is InChI=1S/C25H39F3N2O6/c1-5-35-21(22(31)32)17-19-7-9-20(10-8-19)36-16-13-30(23(33)29-18-24(2,3)4)12-15-34-14-6-11-25(26,27)28/h7-10,21H,5-6,11-18H2,1-4H3,(H,29,33)(H,31,32). The van der Waals surface area contributed by atoms with E-state index in [2.05, 4.69) is 5.32 Å². The maximum absolute atomic E-state index is 12.6. The van der Waals surface area contributed by atoms with Crippen molar-refractivity contribution in [3.8, 4) is 5.75 Å². The maximum atomic E-state index is 12.6. The molecule has 0 fully saturated rings. The fraction of sp³-hybridized carbons (Fsp3) is 0.680. The molecular formula is C25H39F3N2O6. The van der Waals surface area contributed by atoms with Crippen LogP contribution in [0.15, 0.2) is 24.3 Å². The first-order valence-corrected chi connectivity index (χ1v) is 12.0. The highest BCUT2D eigenvalue weighted by Gasteiger charge is 2.26. The van der Waals surface area contributed by atoms with Crippen LogP contribution in [-0.2, 0) is 20.7 Å². The van der Waals surface area contributed by atoms with Crippen molar-refractivity contribution in [2.75, 3.05) is 46.1 Å². The summed E-state index contributed by atoms with van der Waals surface area (Å²) in [6.07, 6.45) is -5.93. The van der Waals surface area contributed by atoms with Crippen LogP contribution < -0.4 is 10.1 Å². The van der Waals surface area contributed by atoms with Crippen LogP contribution in [0.4, 0.5) is 18.0 Å². The van der Waals surface area contributed by atoms with Crippen LogP contribution in [-0.4, -0.2) is 80.3 Å². The van der Waals surface area contributed by atoms with Gasteiger partial charge in [-0.3, -0.25) is 0 Å². The van der Waals surface area contributed by atoms with E-state index >= 15 is 0 Å². The number of nitrogens with one attached hydrogen (secondary N) is 1. The summed E-state index contributed by atoms with van der Waals surface area (Å²) in [5, 5.41) is 12.1. The van der Waals surface area contributed by atoms with Crippen molar-refractivity contribution < 1.29 is 42.1 Å². The lowest BCUT2D eigenvalue weighted by Gasteiger charge is -2.26. The van der Waals surface area contributed by atoms with E-state index in [0.29, 0.717) is 18.9 Å². The quantitative estimate of drug-likeness (QED) is 0.311. The summed E-state index contributed by atoms with van der Waals surface area (Å²) >= 11 is 0. The molecule has 0 bridgehead atoms. The molecule has 206 valence electrons. The summed E-state index contributed by atoms with van der Waals surface area (Å²) in [6, 6.07) is 6.64. The lowest BCUT2D eigenvalue weighted by molar-refractivity contribution is -0.150. The van der Waals surface area contributed by atoms with Crippen molar-refractivity contribution in [3.05, 3.63) is 29.8 Å². The number of aliphatic carboxylic acids is 1. The maximum Gasteiger partial charge on any atom is 0.389 e. The Kier molecular flexibility index (Phi) is 13.6. The first kappa shape index (κ1) is 31.5. The van der Waals surface area contributed by atoms with Gasteiger partial charge in [-0.1, -0.05) is 32.9 Å². The Morgan fingerprint density at radius 1 is 1.06 bits per heavy atom. The van der Waals surface area contributed by atoms with Crippen LogP contribution in [0.1, 0.15) is 46.1 Å². The monoisotopic (exact) mass is 520 g/mol. The fourth-order valence-electron chi connectivity index (χ4n) is 3.05. The summed E-state index contributed by atoms with van der Waals surface area (Å²) in [6.45, 7) is 9.17. The number of rotatable bonds is 16. The molecule has 1 aromatic rings. The zero-order chi connectivity index (χ0) is 27.2. The number of benzene rings is 1. The highest BCUT2D eigenvalue weighted by atomic mass is 19.4. The average Bonchev–Trinajstić information content (AvgIpc) is 2.78. The van der Waals surface area contributed by atoms with E-state index in [-0.39, 0.29) is 57.2 Å². The molecule has 0 radical (unpaired) electrons.